The van der Waals surface area contributed by atoms with Gasteiger partial charge in [0.15, 0.2) is 0 Å². The van der Waals surface area contributed by atoms with Crippen LogP contribution in [0.25, 0.3) is 0 Å². The lowest BCUT2D eigenvalue weighted by Gasteiger charge is -2.24. The van der Waals surface area contributed by atoms with Crippen molar-refractivity contribution in [2.45, 2.75) is 39.2 Å². The lowest BCUT2D eigenvalue weighted by Crippen LogP contribution is -2.38. The molecule has 0 fully saturated rings. The first-order valence-electron chi connectivity index (χ1n) is 9.46. The van der Waals surface area contributed by atoms with E-state index < -0.39 is 17.8 Å². The fourth-order valence-electron chi connectivity index (χ4n) is 2.89. The largest absolute Gasteiger partial charge is 0.488 e. The molecule has 0 amide bonds. The average Bonchev–Trinajstić information content (AvgIpc) is 2.65. The second kappa shape index (κ2) is 9.95. The molecule has 2 aromatic rings. The van der Waals surface area contributed by atoms with Crippen molar-refractivity contribution in [3.05, 3.63) is 64.7 Å². The van der Waals surface area contributed by atoms with Crippen LogP contribution < -0.4 is 4.74 Å². The highest BCUT2D eigenvalue weighted by atomic mass is 19.4. The van der Waals surface area contributed by atoms with Gasteiger partial charge in [0, 0.05) is 20.6 Å². The molecule has 0 aromatic heterocycles. The number of likely N-dealkylation sites (N-methyl/N-ethyl adjacent to an activating group) is 1. The van der Waals surface area contributed by atoms with E-state index >= 15 is 0 Å². The number of aryl methyl sites for hydroxylation is 1. The SMILES string of the molecule is Cc1cccc(OCc2ccc(CN(C)C(C)C(=O)ON(C)C)cc2)c1C(F)(F)F. The van der Waals surface area contributed by atoms with Crippen molar-refractivity contribution in [2.75, 3.05) is 21.1 Å². The Labute approximate surface area is 174 Å². The van der Waals surface area contributed by atoms with Crippen LogP contribution in [0.15, 0.2) is 42.5 Å². The third-order valence-corrected chi connectivity index (χ3v) is 4.64. The molecule has 164 valence electrons. The summed E-state index contributed by atoms with van der Waals surface area (Å²) in [4.78, 5) is 18.9. The number of hydrogen-bond acceptors (Lipinski definition) is 5. The van der Waals surface area contributed by atoms with Gasteiger partial charge in [-0.1, -0.05) is 36.4 Å². The molecular formula is C22H27F3N2O3. The van der Waals surface area contributed by atoms with E-state index in [0.717, 1.165) is 11.1 Å². The van der Waals surface area contributed by atoms with Gasteiger partial charge < -0.3 is 9.57 Å². The number of rotatable bonds is 8. The number of benzene rings is 2. The van der Waals surface area contributed by atoms with E-state index in [9.17, 15) is 18.0 Å². The highest BCUT2D eigenvalue weighted by Gasteiger charge is 2.36. The molecule has 0 spiro atoms. The van der Waals surface area contributed by atoms with E-state index in [1.165, 1.54) is 24.1 Å². The molecule has 0 saturated carbocycles. The monoisotopic (exact) mass is 424 g/mol. The van der Waals surface area contributed by atoms with Crippen molar-refractivity contribution in [1.29, 1.82) is 0 Å². The van der Waals surface area contributed by atoms with E-state index in [-0.39, 0.29) is 23.9 Å². The summed E-state index contributed by atoms with van der Waals surface area (Å²) in [6, 6.07) is 11.2. The summed E-state index contributed by atoms with van der Waals surface area (Å²) in [5.74, 6) is -0.536. The maximum Gasteiger partial charge on any atom is 0.420 e. The Bertz CT molecular complexity index is 852. The zero-order valence-corrected chi connectivity index (χ0v) is 17.8. The minimum Gasteiger partial charge on any atom is -0.488 e. The number of carbonyl (C=O) groups excluding carboxylic acids is 1. The molecule has 5 nitrogen and oxygen atoms in total. The first kappa shape index (κ1) is 23.7. The summed E-state index contributed by atoms with van der Waals surface area (Å²) in [6.45, 7) is 3.71. The molecule has 0 heterocycles. The predicted octanol–water partition coefficient (Wildman–Crippen LogP) is 4.43. The predicted molar refractivity (Wildman–Crippen MR) is 108 cm³/mol. The van der Waals surface area contributed by atoms with Crippen LogP contribution in [0.5, 0.6) is 5.75 Å². The summed E-state index contributed by atoms with van der Waals surface area (Å²) in [7, 11) is 5.09. The summed E-state index contributed by atoms with van der Waals surface area (Å²) >= 11 is 0. The molecule has 0 aliphatic rings. The van der Waals surface area contributed by atoms with Crippen molar-refractivity contribution < 1.29 is 27.5 Å². The van der Waals surface area contributed by atoms with Gasteiger partial charge in [-0.15, -0.1) is 5.06 Å². The third-order valence-electron chi connectivity index (χ3n) is 4.64. The van der Waals surface area contributed by atoms with Crippen LogP contribution in [0.2, 0.25) is 0 Å². The second-order valence-electron chi connectivity index (χ2n) is 7.36. The zero-order valence-electron chi connectivity index (χ0n) is 17.8. The summed E-state index contributed by atoms with van der Waals surface area (Å²) in [6.07, 6.45) is -4.47. The summed E-state index contributed by atoms with van der Waals surface area (Å²) in [5, 5.41) is 1.35. The standard InChI is InChI=1S/C22H27F3N2O3/c1-15-7-6-8-19(20(15)22(23,24)25)29-14-18-11-9-17(10-12-18)13-27(5)16(2)21(28)30-26(3)4/h6-12,16H,13-14H2,1-5H3. The van der Waals surface area contributed by atoms with Crippen LogP contribution in [0.4, 0.5) is 13.2 Å². The Balaban J connectivity index is 1.99. The number of hydrogen-bond donors (Lipinski definition) is 0. The van der Waals surface area contributed by atoms with Crippen LogP contribution in [-0.2, 0) is 29.0 Å². The van der Waals surface area contributed by atoms with E-state index in [0.29, 0.717) is 6.54 Å². The average molecular weight is 424 g/mol. The summed E-state index contributed by atoms with van der Waals surface area (Å²) in [5.41, 5.74) is 1.08. The highest BCUT2D eigenvalue weighted by molar-refractivity contribution is 5.74. The maximum atomic E-state index is 13.3. The zero-order chi connectivity index (χ0) is 22.5. The molecule has 1 atom stereocenters. The molecule has 1 unspecified atom stereocenters. The fourth-order valence-corrected chi connectivity index (χ4v) is 2.89. The Morgan fingerprint density at radius 3 is 2.20 bits per heavy atom. The number of hydroxylamine groups is 2. The Morgan fingerprint density at radius 2 is 1.63 bits per heavy atom. The third kappa shape index (κ3) is 6.47. The highest BCUT2D eigenvalue weighted by Crippen LogP contribution is 2.38. The van der Waals surface area contributed by atoms with Gasteiger partial charge in [0.05, 0.1) is 0 Å². The minimum atomic E-state index is -4.47. The van der Waals surface area contributed by atoms with Gasteiger partial charge in [-0.25, -0.2) is 4.79 Å². The van der Waals surface area contributed by atoms with E-state index in [1.54, 1.807) is 39.2 Å². The van der Waals surface area contributed by atoms with Gasteiger partial charge in [0.2, 0.25) is 0 Å². The Morgan fingerprint density at radius 1 is 1.03 bits per heavy atom. The van der Waals surface area contributed by atoms with Crippen molar-refractivity contribution in [3.63, 3.8) is 0 Å². The van der Waals surface area contributed by atoms with E-state index in [4.69, 9.17) is 9.57 Å². The number of carbonyl (C=O) groups is 1. The van der Waals surface area contributed by atoms with Crippen LogP contribution in [0.1, 0.15) is 29.2 Å². The van der Waals surface area contributed by atoms with Crippen LogP contribution in [0.3, 0.4) is 0 Å². The molecule has 0 saturated heterocycles. The molecule has 0 radical (unpaired) electrons. The molecule has 2 rings (SSSR count). The molecule has 0 aliphatic carbocycles. The second-order valence-corrected chi connectivity index (χ2v) is 7.36. The number of halogens is 3. The Kier molecular flexibility index (Phi) is 7.86. The lowest BCUT2D eigenvalue weighted by molar-refractivity contribution is -0.183. The van der Waals surface area contributed by atoms with Crippen molar-refractivity contribution in [1.82, 2.24) is 9.96 Å². The molecule has 2 aromatic carbocycles. The van der Waals surface area contributed by atoms with Gasteiger partial charge in [0.25, 0.3) is 0 Å². The number of nitrogens with zero attached hydrogens (tertiary/aromatic N) is 2. The summed E-state index contributed by atoms with van der Waals surface area (Å²) < 4.78 is 45.3. The molecule has 0 bridgehead atoms. The number of alkyl halides is 3. The smallest absolute Gasteiger partial charge is 0.420 e. The molecule has 0 aliphatic heterocycles. The molecular weight excluding hydrogens is 397 g/mol. The maximum absolute atomic E-state index is 13.3. The van der Waals surface area contributed by atoms with Crippen molar-refractivity contribution >= 4 is 5.97 Å². The lowest BCUT2D eigenvalue weighted by atomic mass is 10.1. The molecule has 0 N–H and O–H groups in total. The first-order chi connectivity index (χ1) is 14.0. The quantitative estimate of drug-likeness (QED) is 0.587. The van der Waals surface area contributed by atoms with Crippen LogP contribution in [-0.4, -0.2) is 43.1 Å². The van der Waals surface area contributed by atoms with E-state index in [2.05, 4.69) is 0 Å². The van der Waals surface area contributed by atoms with Gasteiger partial charge >= 0.3 is 12.1 Å². The first-order valence-corrected chi connectivity index (χ1v) is 9.46. The normalized spacial score (nSPS) is 12.9. The van der Waals surface area contributed by atoms with E-state index in [1.807, 2.05) is 24.1 Å². The molecule has 8 heteroatoms. The molecule has 30 heavy (non-hydrogen) atoms. The minimum absolute atomic E-state index is 0.0220. The van der Waals surface area contributed by atoms with Crippen LogP contribution in [0, 0.1) is 6.92 Å². The van der Waals surface area contributed by atoms with Crippen LogP contribution >= 0.6 is 0 Å². The topological polar surface area (TPSA) is 42.0 Å². The van der Waals surface area contributed by atoms with Crippen molar-refractivity contribution in [3.8, 4) is 5.75 Å². The fraction of sp³-hybridized carbons (Fsp3) is 0.409. The Hall–Kier alpha value is -2.58. The van der Waals surface area contributed by atoms with Gasteiger partial charge in [0.1, 0.15) is 24.0 Å². The van der Waals surface area contributed by atoms with Gasteiger partial charge in [-0.2, -0.15) is 13.2 Å². The van der Waals surface area contributed by atoms with Gasteiger partial charge in [-0.3, -0.25) is 4.90 Å². The number of ether oxygens (including phenoxy) is 1. The van der Waals surface area contributed by atoms with Gasteiger partial charge in [-0.05, 0) is 43.7 Å². The van der Waals surface area contributed by atoms with Crippen molar-refractivity contribution in [2.24, 2.45) is 0 Å².